The molecule has 0 bridgehead atoms. The molecule has 4 rings (SSSR count). The Balaban J connectivity index is 1.74. The van der Waals surface area contributed by atoms with E-state index in [2.05, 4.69) is 4.98 Å². The van der Waals surface area contributed by atoms with Gasteiger partial charge < -0.3 is 18.5 Å². The molecule has 20 heavy (non-hydrogen) atoms. The summed E-state index contributed by atoms with van der Waals surface area (Å²) in [5.74, 6) is 2.37. The fraction of sp³-hybridized carbons (Fsp3) is 0.267. The second-order valence-electron chi connectivity index (χ2n) is 4.91. The molecule has 5 heteroatoms. The molecule has 3 aromatic rings. The van der Waals surface area contributed by atoms with Crippen LogP contribution in [0.15, 0.2) is 41.1 Å². The quantitative estimate of drug-likeness (QED) is 0.684. The number of nitrogens with zero attached hydrogens (tertiary/aromatic N) is 2. The van der Waals surface area contributed by atoms with Crippen molar-refractivity contribution in [3.05, 3.63) is 36.7 Å². The van der Waals surface area contributed by atoms with Gasteiger partial charge >= 0.3 is 0 Å². The summed E-state index contributed by atoms with van der Waals surface area (Å²) >= 11 is 0. The van der Waals surface area contributed by atoms with Crippen molar-refractivity contribution in [2.45, 2.75) is 6.10 Å². The minimum Gasteiger partial charge on any atom is -0.490 e. The smallest absolute Gasteiger partial charge is 0.175 e. The van der Waals surface area contributed by atoms with Crippen LogP contribution in [0, 0.1) is 0 Å². The van der Waals surface area contributed by atoms with E-state index in [9.17, 15) is 0 Å². The molecule has 0 aliphatic carbocycles. The molecule has 2 aromatic heterocycles. The van der Waals surface area contributed by atoms with Crippen LogP contribution in [0.5, 0.6) is 5.75 Å². The summed E-state index contributed by atoms with van der Waals surface area (Å²) in [5, 5.41) is 0.964. The fourth-order valence-corrected chi connectivity index (χ4v) is 2.22. The Morgan fingerprint density at radius 3 is 3.10 bits per heavy atom. The van der Waals surface area contributed by atoms with Crippen molar-refractivity contribution in [3.8, 4) is 17.3 Å². The van der Waals surface area contributed by atoms with Gasteiger partial charge in [-0.3, -0.25) is 0 Å². The van der Waals surface area contributed by atoms with Gasteiger partial charge in [-0.1, -0.05) is 6.07 Å². The van der Waals surface area contributed by atoms with Crippen molar-refractivity contribution in [1.82, 2.24) is 9.55 Å². The Morgan fingerprint density at radius 2 is 2.35 bits per heavy atom. The van der Waals surface area contributed by atoms with Crippen molar-refractivity contribution in [2.75, 3.05) is 13.2 Å². The first-order valence-corrected chi connectivity index (χ1v) is 6.56. The number of ether oxygens (including phenoxy) is 2. The molecular formula is C15H14N2O3. The summed E-state index contributed by atoms with van der Waals surface area (Å²) < 4.78 is 18.7. The second kappa shape index (κ2) is 4.38. The van der Waals surface area contributed by atoms with Crippen molar-refractivity contribution < 1.29 is 13.9 Å². The van der Waals surface area contributed by atoms with Crippen LogP contribution in [-0.2, 0) is 11.8 Å². The lowest BCUT2D eigenvalue weighted by Gasteiger charge is -2.04. The molecule has 1 aliphatic rings. The Hall–Kier alpha value is -2.27. The zero-order valence-electron chi connectivity index (χ0n) is 11.1. The first-order valence-electron chi connectivity index (χ1n) is 6.56. The average Bonchev–Trinajstić information content (AvgIpc) is 3.01. The molecule has 1 aromatic carbocycles. The molecule has 3 heterocycles. The highest BCUT2D eigenvalue weighted by Gasteiger charge is 2.23. The molecular weight excluding hydrogens is 256 g/mol. The number of furan rings is 1. The standard InChI is InChI=1S/C15H14N2O3/c1-17-6-5-16-15(17)14-7-11-12(19-9-10-8-18-10)3-2-4-13(11)20-14/h2-7,10H,8-9H2,1H3. The van der Waals surface area contributed by atoms with E-state index in [4.69, 9.17) is 13.9 Å². The molecule has 1 fully saturated rings. The molecule has 1 unspecified atom stereocenters. The van der Waals surface area contributed by atoms with Gasteiger partial charge in [0.25, 0.3) is 0 Å². The third-order valence-electron chi connectivity index (χ3n) is 3.39. The highest BCUT2D eigenvalue weighted by molar-refractivity contribution is 5.87. The summed E-state index contributed by atoms with van der Waals surface area (Å²) in [5.41, 5.74) is 0.803. The summed E-state index contributed by atoms with van der Waals surface area (Å²) in [7, 11) is 1.94. The molecule has 102 valence electrons. The van der Waals surface area contributed by atoms with Gasteiger partial charge in [-0.25, -0.2) is 4.98 Å². The van der Waals surface area contributed by atoms with Gasteiger partial charge in [0.15, 0.2) is 11.6 Å². The zero-order valence-corrected chi connectivity index (χ0v) is 11.1. The van der Waals surface area contributed by atoms with Crippen LogP contribution in [-0.4, -0.2) is 28.9 Å². The monoisotopic (exact) mass is 270 g/mol. The second-order valence-corrected chi connectivity index (χ2v) is 4.91. The average molecular weight is 270 g/mol. The van der Waals surface area contributed by atoms with Crippen LogP contribution in [0.4, 0.5) is 0 Å². The van der Waals surface area contributed by atoms with Crippen LogP contribution in [0.25, 0.3) is 22.6 Å². The Labute approximate surface area is 115 Å². The van der Waals surface area contributed by atoms with E-state index in [1.807, 2.05) is 42.1 Å². The van der Waals surface area contributed by atoms with Gasteiger partial charge in [0.05, 0.1) is 12.0 Å². The number of hydrogen-bond donors (Lipinski definition) is 0. The third kappa shape index (κ3) is 1.96. The molecule has 1 atom stereocenters. The number of benzene rings is 1. The maximum atomic E-state index is 5.86. The van der Waals surface area contributed by atoms with Crippen LogP contribution < -0.4 is 4.74 Å². The van der Waals surface area contributed by atoms with Crippen LogP contribution >= 0.6 is 0 Å². The predicted octanol–water partition coefficient (Wildman–Crippen LogP) is 2.61. The third-order valence-corrected chi connectivity index (χ3v) is 3.39. The SMILES string of the molecule is Cn1ccnc1-c1cc2c(OCC3CO3)cccc2o1. The van der Waals surface area contributed by atoms with E-state index in [0.717, 1.165) is 34.9 Å². The summed E-state index contributed by atoms with van der Waals surface area (Å²) in [6.07, 6.45) is 3.89. The van der Waals surface area contributed by atoms with Crippen molar-refractivity contribution in [3.63, 3.8) is 0 Å². The number of hydrogen-bond acceptors (Lipinski definition) is 4. The molecule has 1 saturated heterocycles. The summed E-state index contributed by atoms with van der Waals surface area (Å²) in [4.78, 5) is 4.30. The first-order chi connectivity index (χ1) is 9.81. The van der Waals surface area contributed by atoms with Crippen molar-refractivity contribution in [2.24, 2.45) is 7.05 Å². The predicted molar refractivity (Wildman–Crippen MR) is 73.7 cm³/mol. The summed E-state index contributed by atoms with van der Waals surface area (Å²) in [6.45, 7) is 1.38. The van der Waals surface area contributed by atoms with E-state index in [1.165, 1.54) is 0 Å². The lowest BCUT2D eigenvalue weighted by Crippen LogP contribution is -2.03. The maximum Gasteiger partial charge on any atom is 0.175 e. The van der Waals surface area contributed by atoms with E-state index in [1.54, 1.807) is 6.20 Å². The fourth-order valence-electron chi connectivity index (χ4n) is 2.22. The molecule has 1 aliphatic heterocycles. The molecule has 0 radical (unpaired) electrons. The van der Waals surface area contributed by atoms with Crippen LogP contribution in [0.2, 0.25) is 0 Å². The molecule has 0 spiro atoms. The zero-order chi connectivity index (χ0) is 13.5. The number of epoxide rings is 1. The molecule has 0 N–H and O–H groups in total. The van der Waals surface area contributed by atoms with Crippen LogP contribution in [0.3, 0.4) is 0 Å². The van der Waals surface area contributed by atoms with Crippen molar-refractivity contribution >= 4 is 11.0 Å². The van der Waals surface area contributed by atoms with Gasteiger partial charge in [-0.05, 0) is 18.2 Å². The Bertz CT molecular complexity index is 755. The lowest BCUT2D eigenvalue weighted by atomic mass is 10.2. The van der Waals surface area contributed by atoms with E-state index in [-0.39, 0.29) is 6.10 Å². The number of imidazole rings is 1. The number of aryl methyl sites for hydroxylation is 1. The van der Waals surface area contributed by atoms with Gasteiger partial charge in [0, 0.05) is 19.4 Å². The van der Waals surface area contributed by atoms with Gasteiger partial charge in [0.2, 0.25) is 0 Å². The Kier molecular flexibility index (Phi) is 2.53. The first kappa shape index (κ1) is 11.5. The highest BCUT2D eigenvalue weighted by atomic mass is 16.6. The lowest BCUT2D eigenvalue weighted by molar-refractivity contribution is 0.265. The summed E-state index contributed by atoms with van der Waals surface area (Å²) in [6, 6.07) is 7.78. The van der Waals surface area contributed by atoms with Gasteiger partial charge in [-0.15, -0.1) is 0 Å². The maximum absolute atomic E-state index is 5.86. The molecule has 5 nitrogen and oxygen atoms in total. The highest BCUT2D eigenvalue weighted by Crippen LogP contribution is 2.33. The van der Waals surface area contributed by atoms with Gasteiger partial charge in [-0.2, -0.15) is 0 Å². The normalized spacial score (nSPS) is 17.6. The number of aromatic nitrogens is 2. The van der Waals surface area contributed by atoms with E-state index < -0.39 is 0 Å². The van der Waals surface area contributed by atoms with E-state index in [0.29, 0.717) is 6.61 Å². The van der Waals surface area contributed by atoms with E-state index >= 15 is 0 Å². The van der Waals surface area contributed by atoms with Crippen molar-refractivity contribution in [1.29, 1.82) is 0 Å². The minimum atomic E-state index is 0.242. The largest absolute Gasteiger partial charge is 0.490 e. The molecule has 0 amide bonds. The van der Waals surface area contributed by atoms with Crippen LogP contribution in [0.1, 0.15) is 0 Å². The minimum absolute atomic E-state index is 0.242. The number of rotatable bonds is 4. The molecule has 0 saturated carbocycles. The topological polar surface area (TPSA) is 52.7 Å². The van der Waals surface area contributed by atoms with Gasteiger partial charge in [0.1, 0.15) is 24.0 Å². The Morgan fingerprint density at radius 1 is 1.45 bits per heavy atom. The number of fused-ring (bicyclic) bond motifs is 1.